The van der Waals surface area contributed by atoms with E-state index in [2.05, 4.69) is 29.3 Å². The van der Waals surface area contributed by atoms with Crippen molar-refractivity contribution >= 4 is 0 Å². The molecule has 0 amide bonds. The summed E-state index contributed by atoms with van der Waals surface area (Å²) in [7, 11) is 0. The molecular weight excluding hydrogens is 228 g/mol. The number of allylic oxidation sites excluding steroid dienone is 1. The predicted molar refractivity (Wildman–Crippen MR) is 49.7 cm³/mol. The fraction of sp³-hybridized carbons (Fsp3) is 0.500. The molecule has 0 radical (unpaired) electrons. The maximum Gasteiger partial charge on any atom is 0.241 e. The summed E-state index contributed by atoms with van der Waals surface area (Å²) in [5.74, 6) is 0. The Labute approximate surface area is 90.4 Å². The molecule has 0 aliphatic rings. The van der Waals surface area contributed by atoms with Crippen LogP contribution in [-0.2, 0) is 0 Å². The number of nitrogens with one attached hydrogen (secondary N) is 1. The van der Waals surface area contributed by atoms with E-state index in [4.69, 9.17) is 0 Å². The first kappa shape index (κ1) is 12.4. The third kappa shape index (κ3) is 4.27. The second-order valence-corrected chi connectivity index (χ2v) is 3.13. The predicted octanol–water partition coefficient (Wildman–Crippen LogP) is -0.776. The quantitative estimate of drug-likeness (QED) is 0.399. The highest BCUT2D eigenvalue weighted by Gasteiger charge is 2.07. The molecule has 1 N–H and O–H groups in total. The summed E-state index contributed by atoms with van der Waals surface area (Å²) in [4.78, 5) is 3.04. The molecule has 0 aromatic carbocycles. The molecule has 0 bridgehead atoms. The summed E-state index contributed by atoms with van der Waals surface area (Å²) >= 11 is 0. The Balaban J connectivity index is 0.00000144. The molecule has 0 aliphatic carbocycles. The summed E-state index contributed by atoms with van der Waals surface area (Å²) in [6.07, 6.45) is 11.6. The number of aromatic nitrogens is 2. The first-order chi connectivity index (χ1) is 5.84. The van der Waals surface area contributed by atoms with Crippen molar-refractivity contribution in [3.63, 3.8) is 0 Å². The molecule has 0 saturated heterocycles. The molecule has 0 saturated carbocycles. The summed E-state index contributed by atoms with van der Waals surface area (Å²) < 4.78 is 2.20. The van der Waals surface area contributed by atoms with Crippen LogP contribution in [0.2, 0.25) is 0 Å². The van der Waals surface area contributed by atoms with E-state index in [0.29, 0.717) is 6.04 Å². The number of H-pyrrole nitrogens is 1. The third-order valence-electron chi connectivity index (χ3n) is 2.11. The van der Waals surface area contributed by atoms with Gasteiger partial charge in [-0.05, 0) is 26.2 Å². The summed E-state index contributed by atoms with van der Waals surface area (Å²) in [5, 5.41) is 0. The van der Waals surface area contributed by atoms with Crippen LogP contribution >= 0.6 is 0 Å². The molecule has 0 spiro atoms. The summed E-state index contributed by atoms with van der Waals surface area (Å²) in [6.45, 7) is 5.94. The average molecular weight is 245 g/mol. The third-order valence-corrected chi connectivity index (χ3v) is 2.11. The number of unbranched alkanes of at least 4 members (excludes halogenated alkanes) is 1. The second-order valence-electron chi connectivity index (χ2n) is 3.13. The van der Waals surface area contributed by atoms with Crippen LogP contribution in [0.25, 0.3) is 0 Å². The Morgan fingerprint density at radius 3 is 2.92 bits per heavy atom. The Hall–Kier alpha value is -0.570. The molecule has 2 nitrogen and oxygen atoms in total. The molecule has 0 aliphatic heterocycles. The number of aromatic amines is 1. The Kier molecular flexibility index (Phi) is 6.59. The van der Waals surface area contributed by atoms with Crippen molar-refractivity contribution < 1.29 is 21.5 Å². The van der Waals surface area contributed by atoms with Gasteiger partial charge >= 0.3 is 0 Å². The van der Waals surface area contributed by atoms with Gasteiger partial charge in [0.1, 0.15) is 12.4 Å². The van der Waals surface area contributed by atoms with E-state index in [1.807, 2.05) is 18.6 Å². The van der Waals surface area contributed by atoms with Gasteiger partial charge in [0.15, 0.2) is 0 Å². The van der Waals surface area contributed by atoms with Gasteiger partial charge in [-0.2, -0.15) is 0 Å². The minimum Gasteiger partial charge on any atom is -1.00 e. The fourth-order valence-electron chi connectivity index (χ4n) is 1.28. The topological polar surface area (TPSA) is 19.7 Å². The van der Waals surface area contributed by atoms with Crippen LogP contribution in [-0.4, -0.2) is 4.98 Å². The molecule has 1 aromatic rings. The van der Waals surface area contributed by atoms with Crippen LogP contribution in [0.5, 0.6) is 0 Å². The van der Waals surface area contributed by atoms with E-state index >= 15 is 0 Å². The van der Waals surface area contributed by atoms with Gasteiger partial charge in [-0.25, -0.2) is 4.57 Å². The van der Waals surface area contributed by atoms with Gasteiger partial charge in [-0.1, -0.05) is 6.08 Å². The van der Waals surface area contributed by atoms with Gasteiger partial charge in [0, 0.05) is 0 Å². The molecule has 1 rings (SSSR count). The van der Waals surface area contributed by atoms with Crippen LogP contribution in [0.1, 0.15) is 32.2 Å². The van der Waals surface area contributed by atoms with Crippen LogP contribution in [0.3, 0.4) is 0 Å². The van der Waals surface area contributed by atoms with Gasteiger partial charge in [0.2, 0.25) is 6.33 Å². The lowest BCUT2D eigenvalue weighted by Crippen LogP contribution is -3.00. The molecule has 13 heavy (non-hydrogen) atoms. The molecule has 0 fully saturated rings. The van der Waals surface area contributed by atoms with Gasteiger partial charge < -0.3 is 17.0 Å². The number of imidazole rings is 1. The van der Waals surface area contributed by atoms with E-state index in [1.54, 1.807) is 0 Å². The highest BCUT2D eigenvalue weighted by atomic mass is 79.9. The fourth-order valence-corrected chi connectivity index (χ4v) is 1.28. The zero-order valence-corrected chi connectivity index (χ0v) is 9.63. The SMILES string of the molecule is C=CCCCC(C)[n+]1cc[nH]c1.[Br-]. The molecular formula is C10H17BrN2. The van der Waals surface area contributed by atoms with Gasteiger partial charge in [0.05, 0.1) is 6.04 Å². The Morgan fingerprint density at radius 2 is 2.38 bits per heavy atom. The highest BCUT2D eigenvalue weighted by Crippen LogP contribution is 2.06. The molecule has 3 heteroatoms. The number of halogens is 1. The number of hydrogen-bond acceptors (Lipinski definition) is 0. The largest absolute Gasteiger partial charge is 1.00 e. The lowest BCUT2D eigenvalue weighted by molar-refractivity contribution is -0.719. The maximum absolute atomic E-state index is 3.71. The van der Waals surface area contributed by atoms with Crippen molar-refractivity contribution in [2.24, 2.45) is 0 Å². The minimum atomic E-state index is 0. The van der Waals surface area contributed by atoms with Crippen molar-refractivity contribution in [2.75, 3.05) is 0 Å². The van der Waals surface area contributed by atoms with Crippen LogP contribution in [0, 0.1) is 0 Å². The lowest BCUT2D eigenvalue weighted by atomic mass is 10.1. The number of nitrogens with zero attached hydrogens (tertiary/aromatic N) is 1. The molecule has 1 heterocycles. The van der Waals surface area contributed by atoms with Crippen LogP contribution in [0.15, 0.2) is 31.4 Å². The van der Waals surface area contributed by atoms with Crippen molar-refractivity contribution in [3.8, 4) is 0 Å². The lowest BCUT2D eigenvalue weighted by Gasteiger charge is -2.05. The molecule has 1 unspecified atom stereocenters. The van der Waals surface area contributed by atoms with Crippen molar-refractivity contribution in [1.29, 1.82) is 0 Å². The summed E-state index contributed by atoms with van der Waals surface area (Å²) in [6, 6.07) is 0.594. The van der Waals surface area contributed by atoms with Crippen molar-refractivity contribution in [1.82, 2.24) is 4.98 Å². The van der Waals surface area contributed by atoms with E-state index < -0.39 is 0 Å². The Morgan fingerprint density at radius 1 is 1.62 bits per heavy atom. The van der Waals surface area contributed by atoms with E-state index in [0.717, 1.165) is 6.42 Å². The zero-order chi connectivity index (χ0) is 8.81. The standard InChI is InChI=1S/C10H16N2.BrH/c1-3-4-5-6-10(2)12-8-7-11-9-12;/h3,7-10H,1,4-6H2,2H3;1H. The van der Waals surface area contributed by atoms with Crippen molar-refractivity contribution in [2.45, 2.75) is 32.2 Å². The smallest absolute Gasteiger partial charge is 0.241 e. The second kappa shape index (κ2) is 6.89. The zero-order valence-electron chi connectivity index (χ0n) is 8.04. The number of rotatable bonds is 5. The van der Waals surface area contributed by atoms with Crippen LogP contribution < -0.4 is 21.5 Å². The Bertz CT molecular complexity index is 219. The van der Waals surface area contributed by atoms with E-state index in [1.165, 1.54) is 12.8 Å². The van der Waals surface area contributed by atoms with Crippen molar-refractivity contribution in [3.05, 3.63) is 31.4 Å². The van der Waals surface area contributed by atoms with E-state index in [-0.39, 0.29) is 17.0 Å². The molecule has 1 aromatic heterocycles. The maximum atomic E-state index is 3.71. The first-order valence-electron chi connectivity index (χ1n) is 4.49. The first-order valence-corrected chi connectivity index (χ1v) is 4.49. The molecule has 74 valence electrons. The van der Waals surface area contributed by atoms with Gasteiger partial charge in [-0.15, -0.1) is 6.58 Å². The van der Waals surface area contributed by atoms with E-state index in [9.17, 15) is 0 Å². The van der Waals surface area contributed by atoms with Crippen LogP contribution in [0.4, 0.5) is 0 Å². The van der Waals surface area contributed by atoms with Gasteiger partial charge in [0.25, 0.3) is 0 Å². The normalized spacial score (nSPS) is 11.8. The molecule has 1 atom stereocenters. The highest BCUT2D eigenvalue weighted by molar-refractivity contribution is 4.66. The number of hydrogen-bond donors (Lipinski definition) is 1. The minimum absolute atomic E-state index is 0. The van der Waals surface area contributed by atoms with Gasteiger partial charge in [-0.3, -0.25) is 4.98 Å². The average Bonchev–Trinajstić information content (AvgIpc) is 2.56. The monoisotopic (exact) mass is 244 g/mol. The summed E-state index contributed by atoms with van der Waals surface area (Å²) in [5.41, 5.74) is 0.